The fraction of sp³-hybridized carbons (Fsp3) is 0.667. The van der Waals surface area contributed by atoms with E-state index in [2.05, 4.69) is 22.1 Å². The second-order valence-corrected chi connectivity index (χ2v) is 5.38. The van der Waals surface area contributed by atoms with Gasteiger partial charge in [-0.3, -0.25) is 9.88 Å². The number of hydrogen-bond donors (Lipinski definition) is 2. The Morgan fingerprint density at radius 1 is 1.60 bits per heavy atom. The lowest BCUT2D eigenvalue weighted by Crippen LogP contribution is -2.52. The standard InChI is InChI=1S/C15H26N4O/c1-3-6-19-7-8-20-15(11-19)14(17-2)9-12-10-18-5-4-13(12)16/h4-5,10,14-15,17H,3,6-9,11H2,1-2H3,(H2,16,18). The highest BCUT2D eigenvalue weighted by Crippen LogP contribution is 2.16. The summed E-state index contributed by atoms with van der Waals surface area (Å²) in [6.07, 6.45) is 5.83. The molecule has 112 valence electrons. The number of rotatable bonds is 6. The number of aromatic nitrogens is 1. The Kier molecular flexibility index (Phi) is 5.76. The third-order valence-corrected chi connectivity index (χ3v) is 3.92. The molecule has 0 amide bonds. The highest BCUT2D eigenvalue weighted by Gasteiger charge is 2.27. The molecule has 2 unspecified atom stereocenters. The van der Waals surface area contributed by atoms with Crippen LogP contribution in [0.15, 0.2) is 18.5 Å². The minimum absolute atomic E-state index is 0.208. The van der Waals surface area contributed by atoms with E-state index in [0.29, 0.717) is 0 Å². The van der Waals surface area contributed by atoms with E-state index in [0.717, 1.165) is 43.9 Å². The summed E-state index contributed by atoms with van der Waals surface area (Å²) >= 11 is 0. The van der Waals surface area contributed by atoms with E-state index < -0.39 is 0 Å². The Balaban J connectivity index is 1.99. The summed E-state index contributed by atoms with van der Waals surface area (Å²) in [6.45, 7) is 6.20. The summed E-state index contributed by atoms with van der Waals surface area (Å²) < 4.78 is 5.95. The zero-order chi connectivity index (χ0) is 14.4. The highest BCUT2D eigenvalue weighted by atomic mass is 16.5. The Morgan fingerprint density at radius 3 is 3.15 bits per heavy atom. The predicted molar refractivity (Wildman–Crippen MR) is 81.7 cm³/mol. The van der Waals surface area contributed by atoms with Crippen molar-refractivity contribution >= 4 is 5.69 Å². The molecule has 0 aliphatic carbocycles. The SMILES string of the molecule is CCCN1CCOC(C(Cc2cnccc2N)NC)C1. The normalized spacial score (nSPS) is 21.8. The number of morpholine rings is 1. The fourth-order valence-corrected chi connectivity index (χ4v) is 2.76. The Hall–Kier alpha value is -1.17. The van der Waals surface area contributed by atoms with Gasteiger partial charge in [0, 0.05) is 37.2 Å². The van der Waals surface area contributed by atoms with Crippen LogP contribution < -0.4 is 11.1 Å². The van der Waals surface area contributed by atoms with E-state index in [1.165, 1.54) is 6.42 Å². The van der Waals surface area contributed by atoms with Gasteiger partial charge in [-0.2, -0.15) is 0 Å². The molecule has 1 fully saturated rings. The van der Waals surface area contributed by atoms with Gasteiger partial charge in [0.2, 0.25) is 0 Å². The van der Waals surface area contributed by atoms with E-state index in [-0.39, 0.29) is 12.1 Å². The van der Waals surface area contributed by atoms with Gasteiger partial charge in [0.1, 0.15) is 0 Å². The summed E-state index contributed by atoms with van der Waals surface area (Å²) in [5.74, 6) is 0. The number of anilines is 1. The van der Waals surface area contributed by atoms with Crippen LogP contribution in [0, 0.1) is 0 Å². The first kappa shape index (κ1) is 15.2. The zero-order valence-electron chi connectivity index (χ0n) is 12.5. The molecule has 0 saturated carbocycles. The molecule has 2 heterocycles. The lowest BCUT2D eigenvalue weighted by atomic mass is 10.00. The second kappa shape index (κ2) is 7.57. The summed E-state index contributed by atoms with van der Waals surface area (Å²) in [6, 6.07) is 2.12. The van der Waals surface area contributed by atoms with Crippen molar-refractivity contribution in [2.75, 3.05) is 39.0 Å². The minimum atomic E-state index is 0.208. The van der Waals surface area contributed by atoms with Crippen molar-refractivity contribution in [1.82, 2.24) is 15.2 Å². The molecule has 5 nitrogen and oxygen atoms in total. The van der Waals surface area contributed by atoms with Crippen molar-refractivity contribution in [2.24, 2.45) is 0 Å². The van der Waals surface area contributed by atoms with E-state index in [1.807, 2.05) is 19.3 Å². The first-order chi connectivity index (χ1) is 9.74. The molecular formula is C15H26N4O. The molecule has 1 aliphatic heterocycles. The van der Waals surface area contributed by atoms with E-state index in [9.17, 15) is 0 Å². The van der Waals surface area contributed by atoms with E-state index >= 15 is 0 Å². The Bertz CT molecular complexity index is 411. The number of nitrogens with one attached hydrogen (secondary N) is 1. The average Bonchev–Trinajstić information content (AvgIpc) is 2.47. The van der Waals surface area contributed by atoms with E-state index in [4.69, 9.17) is 10.5 Å². The average molecular weight is 278 g/mol. The molecule has 3 N–H and O–H groups in total. The molecule has 20 heavy (non-hydrogen) atoms. The summed E-state index contributed by atoms with van der Waals surface area (Å²) in [5.41, 5.74) is 7.90. The van der Waals surface area contributed by atoms with Crippen LogP contribution in [0.5, 0.6) is 0 Å². The van der Waals surface area contributed by atoms with Crippen molar-refractivity contribution in [3.8, 4) is 0 Å². The third kappa shape index (κ3) is 3.91. The molecule has 1 aromatic heterocycles. The molecule has 1 saturated heterocycles. The third-order valence-electron chi connectivity index (χ3n) is 3.92. The van der Waals surface area contributed by atoms with Crippen molar-refractivity contribution in [1.29, 1.82) is 0 Å². The van der Waals surface area contributed by atoms with Crippen LogP contribution in [-0.2, 0) is 11.2 Å². The van der Waals surface area contributed by atoms with Gasteiger partial charge in [-0.1, -0.05) is 6.92 Å². The number of ether oxygens (including phenoxy) is 1. The van der Waals surface area contributed by atoms with Crippen LogP contribution in [0.2, 0.25) is 0 Å². The molecule has 2 atom stereocenters. The topological polar surface area (TPSA) is 63.4 Å². The van der Waals surface area contributed by atoms with Gasteiger partial charge >= 0.3 is 0 Å². The van der Waals surface area contributed by atoms with Crippen LogP contribution in [0.25, 0.3) is 0 Å². The molecule has 2 rings (SSSR count). The van der Waals surface area contributed by atoms with Gasteiger partial charge in [0.25, 0.3) is 0 Å². The van der Waals surface area contributed by atoms with E-state index in [1.54, 1.807) is 6.20 Å². The number of nitrogen functional groups attached to an aromatic ring is 1. The molecule has 5 heteroatoms. The molecular weight excluding hydrogens is 252 g/mol. The maximum atomic E-state index is 6.01. The van der Waals surface area contributed by atoms with Gasteiger partial charge in [0.05, 0.1) is 12.7 Å². The van der Waals surface area contributed by atoms with Gasteiger partial charge in [-0.15, -0.1) is 0 Å². The number of pyridine rings is 1. The first-order valence-electron chi connectivity index (χ1n) is 7.44. The Labute approximate surface area is 121 Å². The number of hydrogen-bond acceptors (Lipinski definition) is 5. The van der Waals surface area contributed by atoms with Crippen molar-refractivity contribution in [2.45, 2.75) is 31.9 Å². The van der Waals surface area contributed by atoms with Gasteiger partial charge < -0.3 is 15.8 Å². The minimum Gasteiger partial charge on any atom is -0.398 e. The lowest BCUT2D eigenvalue weighted by molar-refractivity contribution is -0.0450. The molecule has 0 radical (unpaired) electrons. The van der Waals surface area contributed by atoms with Gasteiger partial charge in [-0.05, 0) is 38.1 Å². The van der Waals surface area contributed by atoms with Crippen LogP contribution in [0.3, 0.4) is 0 Å². The monoisotopic (exact) mass is 278 g/mol. The summed E-state index contributed by atoms with van der Waals surface area (Å²) in [4.78, 5) is 6.64. The predicted octanol–water partition coefficient (Wildman–Crippen LogP) is 0.905. The first-order valence-corrected chi connectivity index (χ1v) is 7.44. The lowest BCUT2D eigenvalue weighted by Gasteiger charge is -2.37. The van der Waals surface area contributed by atoms with Gasteiger partial charge in [0.15, 0.2) is 0 Å². The fourth-order valence-electron chi connectivity index (χ4n) is 2.76. The largest absolute Gasteiger partial charge is 0.398 e. The number of nitrogens with two attached hydrogens (primary N) is 1. The number of nitrogens with zero attached hydrogens (tertiary/aromatic N) is 2. The van der Waals surface area contributed by atoms with Gasteiger partial charge in [-0.25, -0.2) is 0 Å². The quantitative estimate of drug-likeness (QED) is 0.809. The molecule has 1 aliphatic rings. The maximum absolute atomic E-state index is 6.01. The highest BCUT2D eigenvalue weighted by molar-refractivity contribution is 5.44. The molecule has 0 aromatic carbocycles. The molecule has 1 aromatic rings. The smallest absolute Gasteiger partial charge is 0.0858 e. The zero-order valence-corrected chi connectivity index (χ0v) is 12.5. The Morgan fingerprint density at radius 2 is 2.45 bits per heavy atom. The summed E-state index contributed by atoms with van der Waals surface area (Å²) in [7, 11) is 1.99. The van der Waals surface area contributed by atoms with Crippen LogP contribution >= 0.6 is 0 Å². The van der Waals surface area contributed by atoms with Crippen molar-refractivity contribution < 1.29 is 4.74 Å². The number of likely N-dealkylation sites (N-methyl/N-ethyl adjacent to an activating group) is 1. The van der Waals surface area contributed by atoms with Crippen molar-refractivity contribution in [3.63, 3.8) is 0 Å². The molecule has 0 spiro atoms. The molecule has 0 bridgehead atoms. The van der Waals surface area contributed by atoms with Crippen LogP contribution in [0.4, 0.5) is 5.69 Å². The summed E-state index contributed by atoms with van der Waals surface area (Å²) in [5, 5.41) is 3.38. The van der Waals surface area contributed by atoms with Crippen LogP contribution in [0.1, 0.15) is 18.9 Å². The van der Waals surface area contributed by atoms with Crippen molar-refractivity contribution in [3.05, 3.63) is 24.0 Å². The maximum Gasteiger partial charge on any atom is 0.0858 e. The van der Waals surface area contributed by atoms with Crippen LogP contribution in [-0.4, -0.2) is 55.3 Å². The second-order valence-electron chi connectivity index (χ2n) is 5.38.